The van der Waals surface area contributed by atoms with Crippen molar-refractivity contribution in [2.24, 2.45) is 0 Å². The molecule has 0 fully saturated rings. The summed E-state index contributed by atoms with van der Waals surface area (Å²) in [6, 6.07) is 5.02. The molecule has 2 aromatic rings. The molecule has 0 aliphatic rings. The fraction of sp³-hybridized carbons (Fsp3) is 0.250. The second-order valence-electron chi connectivity index (χ2n) is 5.87. The molecule has 0 spiro atoms. The number of phenolic OH excluding ortho intramolecular Hbond substituents is 1. The molecule has 10 heteroatoms. The van der Waals surface area contributed by atoms with Crippen LogP contribution in [0.1, 0.15) is 40.9 Å². The first-order valence-corrected chi connectivity index (χ1v) is 8.64. The first-order valence-electron chi connectivity index (χ1n) is 8.64. The molecule has 0 saturated carbocycles. The first kappa shape index (κ1) is 24.9. The Morgan fingerprint density at radius 3 is 1.87 bits per heavy atom. The molecular weight excluding hydrogens is 414 g/mol. The maximum atomic E-state index is 12.9. The molecule has 3 N–H and O–H groups in total. The summed E-state index contributed by atoms with van der Waals surface area (Å²) >= 11 is 0. The number of hydrogen-bond acceptors (Lipinski definition) is 3. The van der Waals surface area contributed by atoms with Crippen molar-refractivity contribution in [2.75, 3.05) is 5.32 Å². The monoisotopic (exact) mass is 434 g/mol. The van der Waals surface area contributed by atoms with Crippen LogP contribution in [-0.2, 0) is 12.4 Å². The van der Waals surface area contributed by atoms with Gasteiger partial charge in [-0.05, 0) is 42.8 Å². The van der Waals surface area contributed by atoms with Gasteiger partial charge in [0.2, 0.25) is 0 Å². The Bertz CT molecular complexity index is 888. The zero-order valence-corrected chi connectivity index (χ0v) is 16.3. The summed E-state index contributed by atoms with van der Waals surface area (Å²) in [7, 11) is 0. The highest BCUT2D eigenvalue weighted by Crippen LogP contribution is 2.36. The fourth-order valence-electron chi connectivity index (χ4n) is 2.24. The normalized spacial score (nSPS) is 11.2. The number of phenols is 1. The minimum Gasteiger partial charge on any atom is -0.506 e. The molecule has 0 aliphatic heterocycles. The van der Waals surface area contributed by atoms with Crippen molar-refractivity contribution < 1.29 is 36.2 Å². The van der Waals surface area contributed by atoms with E-state index < -0.39 is 35.0 Å². The topological polar surface area (TPSA) is 61.4 Å². The summed E-state index contributed by atoms with van der Waals surface area (Å²) in [5.41, 5.74) is -3.19. The van der Waals surface area contributed by atoms with E-state index in [2.05, 4.69) is 17.2 Å². The molecule has 0 unspecified atom stereocenters. The molecule has 1 amide bonds. The summed E-state index contributed by atoms with van der Waals surface area (Å²) in [5, 5.41) is 14.3. The van der Waals surface area contributed by atoms with Crippen molar-refractivity contribution in [1.29, 1.82) is 0 Å². The van der Waals surface area contributed by atoms with Gasteiger partial charge in [0.25, 0.3) is 5.91 Å². The van der Waals surface area contributed by atoms with Crippen molar-refractivity contribution in [3.05, 3.63) is 71.1 Å². The lowest BCUT2D eigenvalue weighted by Crippen LogP contribution is -2.27. The highest BCUT2D eigenvalue weighted by Gasteiger charge is 2.37. The zero-order valence-electron chi connectivity index (χ0n) is 16.3. The highest BCUT2D eigenvalue weighted by molar-refractivity contribution is 5.96. The van der Waals surface area contributed by atoms with Gasteiger partial charge < -0.3 is 15.7 Å². The smallest absolute Gasteiger partial charge is 0.416 e. The van der Waals surface area contributed by atoms with Gasteiger partial charge in [-0.15, -0.1) is 0 Å². The number of halogens is 6. The van der Waals surface area contributed by atoms with Crippen LogP contribution in [0.15, 0.2) is 48.8 Å². The van der Waals surface area contributed by atoms with Crippen molar-refractivity contribution >= 4 is 11.6 Å². The quantitative estimate of drug-likeness (QED) is 0.404. The first-order chi connectivity index (χ1) is 13.8. The van der Waals surface area contributed by atoms with E-state index >= 15 is 0 Å². The molecule has 2 aromatic carbocycles. The standard InChI is InChI=1S/C18H14F6N2O2.C2H6/c1-9-3-4-14(15(27)5-9)25-10(2)26-16(28)11-6-12(17(19,20)21)8-13(7-11)18(22,23)24;1-2/h3-8,25,27H,2H2,1H3,(H,26,28);1-2H3. The van der Waals surface area contributed by atoms with E-state index in [1.165, 1.54) is 12.1 Å². The summed E-state index contributed by atoms with van der Waals surface area (Å²) in [4.78, 5) is 12.1. The molecule has 30 heavy (non-hydrogen) atoms. The third-order valence-electron chi connectivity index (χ3n) is 3.55. The van der Waals surface area contributed by atoms with Gasteiger partial charge in [-0.1, -0.05) is 26.5 Å². The average molecular weight is 434 g/mol. The fourth-order valence-corrected chi connectivity index (χ4v) is 2.24. The van der Waals surface area contributed by atoms with Crippen LogP contribution in [0.25, 0.3) is 0 Å². The third kappa shape index (κ3) is 6.71. The number of amides is 1. The molecular formula is C20H20F6N2O2. The molecule has 164 valence electrons. The lowest BCUT2D eigenvalue weighted by atomic mass is 10.0. The van der Waals surface area contributed by atoms with Crippen molar-refractivity contribution in [1.82, 2.24) is 5.32 Å². The van der Waals surface area contributed by atoms with Crippen LogP contribution in [-0.4, -0.2) is 11.0 Å². The second-order valence-corrected chi connectivity index (χ2v) is 5.87. The Morgan fingerprint density at radius 1 is 0.933 bits per heavy atom. The number of hydrogen-bond donors (Lipinski definition) is 3. The summed E-state index contributed by atoms with van der Waals surface area (Å²) in [5.74, 6) is -1.68. The maximum absolute atomic E-state index is 12.9. The number of benzene rings is 2. The number of anilines is 1. The van der Waals surface area contributed by atoms with Gasteiger partial charge in [-0.25, -0.2) is 0 Å². The van der Waals surface area contributed by atoms with Crippen molar-refractivity contribution in [3.63, 3.8) is 0 Å². The molecule has 0 saturated heterocycles. The lowest BCUT2D eigenvalue weighted by molar-refractivity contribution is -0.143. The maximum Gasteiger partial charge on any atom is 0.416 e. The van der Waals surface area contributed by atoms with E-state index in [-0.39, 0.29) is 23.3 Å². The molecule has 0 aromatic heterocycles. The van der Waals surface area contributed by atoms with Crippen LogP contribution < -0.4 is 10.6 Å². The van der Waals surface area contributed by atoms with Crippen LogP contribution >= 0.6 is 0 Å². The Morgan fingerprint density at radius 2 is 1.43 bits per heavy atom. The highest BCUT2D eigenvalue weighted by atomic mass is 19.4. The molecule has 2 rings (SSSR count). The van der Waals surface area contributed by atoms with Gasteiger partial charge in [-0.3, -0.25) is 4.79 Å². The van der Waals surface area contributed by atoms with Crippen LogP contribution in [0.3, 0.4) is 0 Å². The number of carbonyl (C=O) groups is 1. The summed E-state index contributed by atoms with van der Waals surface area (Å²) < 4.78 is 77.2. The predicted octanol–water partition coefficient (Wildman–Crippen LogP) is 6.08. The van der Waals surface area contributed by atoms with E-state index in [4.69, 9.17) is 0 Å². The molecule has 0 heterocycles. The number of carbonyl (C=O) groups excluding carboxylic acids is 1. The summed E-state index contributed by atoms with van der Waals surface area (Å²) in [6.07, 6.45) is -10.1. The largest absolute Gasteiger partial charge is 0.506 e. The van der Waals surface area contributed by atoms with E-state index in [1.54, 1.807) is 13.0 Å². The minimum absolute atomic E-state index is 0.0752. The zero-order chi connectivity index (χ0) is 23.3. The van der Waals surface area contributed by atoms with E-state index in [0.29, 0.717) is 12.1 Å². The van der Waals surface area contributed by atoms with E-state index in [1.807, 2.05) is 13.8 Å². The van der Waals surface area contributed by atoms with Crippen LogP contribution in [0.5, 0.6) is 5.75 Å². The van der Waals surface area contributed by atoms with Gasteiger partial charge >= 0.3 is 12.4 Å². The Balaban J connectivity index is 0.00000218. The minimum atomic E-state index is -5.07. The molecule has 4 nitrogen and oxygen atoms in total. The van der Waals surface area contributed by atoms with Gasteiger partial charge in [0.1, 0.15) is 11.6 Å². The van der Waals surface area contributed by atoms with Crippen LogP contribution in [0.4, 0.5) is 32.0 Å². The van der Waals surface area contributed by atoms with Gasteiger partial charge in [0.15, 0.2) is 0 Å². The number of nitrogens with one attached hydrogen (secondary N) is 2. The Labute approximate surface area is 169 Å². The van der Waals surface area contributed by atoms with Crippen molar-refractivity contribution in [3.8, 4) is 5.75 Å². The van der Waals surface area contributed by atoms with Gasteiger partial charge in [0.05, 0.1) is 16.8 Å². The van der Waals surface area contributed by atoms with Crippen LogP contribution in [0, 0.1) is 6.92 Å². The van der Waals surface area contributed by atoms with Gasteiger partial charge in [0, 0.05) is 5.56 Å². The number of aromatic hydroxyl groups is 1. The van der Waals surface area contributed by atoms with Crippen molar-refractivity contribution in [2.45, 2.75) is 33.1 Å². The Hall–Kier alpha value is -3.17. The third-order valence-corrected chi connectivity index (χ3v) is 3.55. The van der Waals surface area contributed by atoms with E-state index in [9.17, 15) is 36.2 Å². The summed E-state index contributed by atoms with van der Waals surface area (Å²) in [6.45, 7) is 9.14. The molecule has 0 aliphatic carbocycles. The molecule has 0 atom stereocenters. The SMILES string of the molecule is C=C(NC(=O)c1cc(C(F)(F)F)cc(C(F)(F)F)c1)Nc1ccc(C)cc1O.CC. The molecule has 0 bridgehead atoms. The average Bonchev–Trinajstić information content (AvgIpc) is 2.64. The predicted molar refractivity (Wildman–Crippen MR) is 101 cm³/mol. The number of rotatable bonds is 4. The number of alkyl halides is 6. The van der Waals surface area contributed by atoms with E-state index in [0.717, 1.165) is 5.56 Å². The Kier molecular flexibility index (Phi) is 7.92. The van der Waals surface area contributed by atoms with Crippen LogP contribution in [0.2, 0.25) is 0 Å². The lowest BCUT2D eigenvalue weighted by Gasteiger charge is -2.16. The second kappa shape index (κ2) is 9.55. The van der Waals surface area contributed by atoms with Gasteiger partial charge in [-0.2, -0.15) is 26.3 Å². The number of aryl methyl sites for hydroxylation is 1. The molecule has 0 radical (unpaired) electrons.